The normalized spacial score (nSPS) is 12.9. The highest BCUT2D eigenvalue weighted by Gasteiger charge is 2.17. The summed E-state index contributed by atoms with van der Waals surface area (Å²) in [6, 6.07) is 0. The van der Waals surface area contributed by atoms with Gasteiger partial charge in [-0.15, -0.1) is 0 Å². The van der Waals surface area contributed by atoms with Gasteiger partial charge in [0, 0.05) is 19.4 Å². The molecule has 1 atom stereocenters. The van der Waals surface area contributed by atoms with Gasteiger partial charge in [-0.25, -0.2) is 0 Å². The molecule has 310 valence electrons. The van der Waals surface area contributed by atoms with Crippen LogP contribution in [0.25, 0.3) is 0 Å². The molecule has 0 rings (SSSR count). The molecule has 0 aliphatic carbocycles. The van der Waals surface area contributed by atoms with E-state index in [2.05, 4.69) is 93.7 Å². The van der Waals surface area contributed by atoms with Crippen molar-refractivity contribution in [3.05, 3.63) is 72.9 Å². The van der Waals surface area contributed by atoms with E-state index in [-0.39, 0.29) is 25.2 Å². The van der Waals surface area contributed by atoms with E-state index in [1.165, 1.54) is 77.0 Å². The number of esters is 2. The fraction of sp³-hybridized carbons (Fsp3) is 0.714. The van der Waals surface area contributed by atoms with Crippen LogP contribution in [0.3, 0.4) is 0 Å². The number of ether oxygens (including phenoxy) is 3. The zero-order valence-electron chi connectivity index (χ0n) is 35.5. The lowest BCUT2D eigenvalue weighted by molar-refractivity contribution is -0.163. The van der Waals surface area contributed by atoms with Crippen LogP contribution < -0.4 is 0 Å². The summed E-state index contributed by atoms with van der Waals surface area (Å²) in [6.45, 7) is 7.55. The lowest BCUT2D eigenvalue weighted by atomic mass is 10.1. The summed E-state index contributed by atoms with van der Waals surface area (Å²) in [4.78, 5) is 25.0. The maximum Gasteiger partial charge on any atom is 0.306 e. The summed E-state index contributed by atoms with van der Waals surface area (Å²) in [6.07, 6.45) is 56.5. The van der Waals surface area contributed by atoms with Gasteiger partial charge in [0.2, 0.25) is 0 Å². The summed E-state index contributed by atoms with van der Waals surface area (Å²) in [7, 11) is 0. The Kier molecular flexibility index (Phi) is 42.5. The molecule has 0 aliphatic heterocycles. The zero-order chi connectivity index (χ0) is 39.3. The van der Waals surface area contributed by atoms with Crippen LogP contribution in [0.1, 0.15) is 201 Å². The Balaban J connectivity index is 4.11. The Morgan fingerprint density at radius 3 is 1.39 bits per heavy atom. The van der Waals surface area contributed by atoms with E-state index >= 15 is 0 Å². The SMILES string of the molecule is CC/C=C\C/C=C\C/C=C\CCCCCC(=O)OCC(COCCCCCCCCC/C=C\C/C=C\C/C=C\CCCCC)OC(=O)CCCCCCC. The first kappa shape index (κ1) is 51.3. The van der Waals surface area contributed by atoms with Crippen molar-refractivity contribution in [1.82, 2.24) is 0 Å². The van der Waals surface area contributed by atoms with Gasteiger partial charge in [0.25, 0.3) is 0 Å². The van der Waals surface area contributed by atoms with E-state index < -0.39 is 6.10 Å². The fourth-order valence-electron chi connectivity index (χ4n) is 5.88. The highest BCUT2D eigenvalue weighted by atomic mass is 16.6. The molecule has 0 aromatic rings. The van der Waals surface area contributed by atoms with E-state index in [1.54, 1.807) is 0 Å². The molecule has 0 heterocycles. The molecule has 54 heavy (non-hydrogen) atoms. The summed E-state index contributed by atoms with van der Waals surface area (Å²) < 4.78 is 17.2. The first-order valence-corrected chi connectivity index (χ1v) is 22.5. The minimum Gasteiger partial charge on any atom is -0.462 e. The molecule has 0 saturated carbocycles. The number of hydrogen-bond donors (Lipinski definition) is 0. The second-order valence-electron chi connectivity index (χ2n) is 14.6. The van der Waals surface area contributed by atoms with E-state index in [4.69, 9.17) is 14.2 Å². The molecule has 0 amide bonds. The van der Waals surface area contributed by atoms with Gasteiger partial charge in [0.05, 0.1) is 6.61 Å². The monoisotopic (exact) mass is 753 g/mol. The number of hydrogen-bond acceptors (Lipinski definition) is 5. The van der Waals surface area contributed by atoms with E-state index in [1.807, 2.05) is 0 Å². The van der Waals surface area contributed by atoms with Crippen LogP contribution in [0.4, 0.5) is 0 Å². The van der Waals surface area contributed by atoms with Crippen molar-refractivity contribution in [2.45, 2.75) is 207 Å². The summed E-state index contributed by atoms with van der Waals surface area (Å²) >= 11 is 0. The molecule has 0 radical (unpaired) electrons. The van der Waals surface area contributed by atoms with Crippen LogP contribution in [0, 0.1) is 0 Å². The molecule has 0 bridgehead atoms. The third-order valence-corrected chi connectivity index (χ3v) is 9.23. The summed E-state index contributed by atoms with van der Waals surface area (Å²) in [5, 5.41) is 0. The highest BCUT2D eigenvalue weighted by molar-refractivity contribution is 5.70. The molecule has 0 N–H and O–H groups in total. The zero-order valence-corrected chi connectivity index (χ0v) is 35.5. The van der Waals surface area contributed by atoms with Gasteiger partial charge in [-0.2, -0.15) is 0 Å². The van der Waals surface area contributed by atoms with E-state index in [0.717, 1.165) is 89.9 Å². The van der Waals surface area contributed by atoms with E-state index in [9.17, 15) is 9.59 Å². The minimum absolute atomic E-state index is 0.0631. The van der Waals surface area contributed by atoms with Gasteiger partial charge in [-0.3, -0.25) is 9.59 Å². The van der Waals surface area contributed by atoms with Crippen LogP contribution in [0.5, 0.6) is 0 Å². The van der Waals surface area contributed by atoms with Gasteiger partial charge in [0.15, 0.2) is 6.10 Å². The predicted octanol–water partition coefficient (Wildman–Crippen LogP) is 14.8. The predicted molar refractivity (Wildman–Crippen MR) is 233 cm³/mol. The molecule has 0 aromatic heterocycles. The van der Waals surface area contributed by atoms with Gasteiger partial charge >= 0.3 is 11.9 Å². The molecule has 1 unspecified atom stereocenters. The fourth-order valence-corrected chi connectivity index (χ4v) is 5.88. The minimum atomic E-state index is -0.550. The van der Waals surface area contributed by atoms with Crippen LogP contribution in [0.15, 0.2) is 72.9 Å². The van der Waals surface area contributed by atoms with Crippen LogP contribution in [-0.4, -0.2) is 37.9 Å². The average Bonchev–Trinajstić information content (AvgIpc) is 3.17. The number of unbranched alkanes of at least 4 members (excludes halogenated alkanes) is 17. The molecule has 5 heteroatoms. The van der Waals surface area contributed by atoms with Gasteiger partial charge in [-0.05, 0) is 89.9 Å². The van der Waals surface area contributed by atoms with Gasteiger partial charge < -0.3 is 14.2 Å². The van der Waals surface area contributed by atoms with Gasteiger partial charge in [-0.1, -0.05) is 171 Å². The molecule has 0 aromatic carbocycles. The first-order chi connectivity index (χ1) is 26.6. The first-order valence-electron chi connectivity index (χ1n) is 22.5. The van der Waals surface area contributed by atoms with Crippen LogP contribution in [-0.2, 0) is 23.8 Å². The standard InChI is InChI=1S/C49H84O5/c1-4-7-10-13-15-17-19-21-22-23-24-25-26-27-29-31-33-35-38-41-44-52-45-47(54-49(51)43-40-36-12-9-6-3)46-53-48(50)42-39-37-34-32-30-28-20-18-16-14-11-8-5-2/h8,11,15-18,21-22,24-25,28,30,47H,4-7,9-10,12-14,19-20,23,26-27,29,31-46H2,1-3H3/b11-8-,17-15-,18-16-,22-21-,25-24-,30-28-. The molecular formula is C49H84O5. The third-order valence-electron chi connectivity index (χ3n) is 9.23. The average molecular weight is 753 g/mol. The van der Waals surface area contributed by atoms with Crippen LogP contribution >= 0.6 is 0 Å². The second kappa shape index (κ2) is 44.7. The lowest BCUT2D eigenvalue weighted by Crippen LogP contribution is -2.30. The van der Waals surface area contributed by atoms with Crippen molar-refractivity contribution in [1.29, 1.82) is 0 Å². The Labute approximate surface area is 334 Å². The number of carbonyl (C=O) groups excluding carboxylic acids is 2. The van der Waals surface area contributed by atoms with Crippen molar-refractivity contribution in [2.24, 2.45) is 0 Å². The second-order valence-corrected chi connectivity index (χ2v) is 14.6. The maximum atomic E-state index is 12.5. The number of rotatable bonds is 40. The van der Waals surface area contributed by atoms with Crippen molar-refractivity contribution >= 4 is 11.9 Å². The van der Waals surface area contributed by atoms with Crippen molar-refractivity contribution in [3.63, 3.8) is 0 Å². The summed E-state index contributed by atoms with van der Waals surface area (Å²) in [5.74, 6) is -0.453. The third kappa shape index (κ3) is 42.1. The Morgan fingerprint density at radius 1 is 0.426 bits per heavy atom. The topological polar surface area (TPSA) is 61.8 Å². The highest BCUT2D eigenvalue weighted by Crippen LogP contribution is 2.12. The smallest absolute Gasteiger partial charge is 0.306 e. The Bertz CT molecular complexity index is 988. The Morgan fingerprint density at radius 2 is 0.833 bits per heavy atom. The van der Waals surface area contributed by atoms with Crippen molar-refractivity contribution in [2.75, 3.05) is 19.8 Å². The quantitative estimate of drug-likeness (QED) is 0.0354. The van der Waals surface area contributed by atoms with E-state index in [0.29, 0.717) is 19.4 Å². The molecule has 0 saturated heterocycles. The molecule has 0 aliphatic rings. The summed E-state index contributed by atoms with van der Waals surface area (Å²) in [5.41, 5.74) is 0. The number of allylic oxidation sites excluding steroid dienone is 12. The van der Waals surface area contributed by atoms with Crippen LogP contribution in [0.2, 0.25) is 0 Å². The van der Waals surface area contributed by atoms with Gasteiger partial charge in [0.1, 0.15) is 6.61 Å². The molecule has 5 nitrogen and oxygen atoms in total. The number of carbonyl (C=O) groups is 2. The Hall–Kier alpha value is -2.66. The van der Waals surface area contributed by atoms with Crippen molar-refractivity contribution < 1.29 is 23.8 Å². The largest absolute Gasteiger partial charge is 0.462 e. The maximum absolute atomic E-state index is 12.5. The molecular weight excluding hydrogens is 669 g/mol. The van der Waals surface area contributed by atoms with Crippen molar-refractivity contribution in [3.8, 4) is 0 Å². The lowest BCUT2D eigenvalue weighted by Gasteiger charge is -2.18. The molecule has 0 fully saturated rings. The molecule has 0 spiro atoms.